The molecule has 1 N–H and O–H groups in total. The van der Waals surface area contributed by atoms with Crippen molar-refractivity contribution in [2.24, 2.45) is 5.41 Å². The number of ether oxygens (including phenoxy) is 1. The van der Waals surface area contributed by atoms with Crippen molar-refractivity contribution in [3.63, 3.8) is 0 Å². The molecule has 168 valence electrons. The van der Waals surface area contributed by atoms with Gasteiger partial charge in [-0.25, -0.2) is 0 Å². The van der Waals surface area contributed by atoms with Gasteiger partial charge in [-0.3, -0.25) is 0 Å². The SMILES string of the molecule is CNCCN1CC2(COc3ccccc3-c3c(C4CCCCC4)c4ccccc4n3C2)C1. The monoisotopic (exact) mass is 429 g/mol. The summed E-state index contributed by atoms with van der Waals surface area (Å²) in [4.78, 5) is 2.57. The Bertz CT molecular complexity index is 1110. The highest BCUT2D eigenvalue weighted by atomic mass is 16.5. The number of nitrogens with one attached hydrogen (secondary N) is 1. The first kappa shape index (κ1) is 20.3. The summed E-state index contributed by atoms with van der Waals surface area (Å²) >= 11 is 0. The lowest BCUT2D eigenvalue weighted by atomic mass is 9.79. The van der Waals surface area contributed by atoms with Crippen molar-refractivity contribution < 1.29 is 4.74 Å². The summed E-state index contributed by atoms with van der Waals surface area (Å²) in [6.45, 7) is 6.22. The van der Waals surface area contributed by atoms with Crippen LogP contribution in [0.3, 0.4) is 0 Å². The van der Waals surface area contributed by atoms with Gasteiger partial charge in [0.25, 0.3) is 0 Å². The zero-order chi connectivity index (χ0) is 21.5. The van der Waals surface area contributed by atoms with E-state index < -0.39 is 0 Å². The smallest absolute Gasteiger partial charge is 0.128 e. The normalized spacial score (nSPS) is 20.8. The second-order valence-electron chi connectivity index (χ2n) is 10.3. The van der Waals surface area contributed by atoms with Crippen LogP contribution in [0.4, 0.5) is 0 Å². The van der Waals surface area contributed by atoms with E-state index in [1.54, 1.807) is 5.56 Å². The highest BCUT2D eigenvalue weighted by Gasteiger charge is 2.45. The molecule has 1 saturated heterocycles. The number of rotatable bonds is 4. The Kier molecular flexibility index (Phi) is 5.23. The fourth-order valence-electron chi connectivity index (χ4n) is 6.51. The van der Waals surface area contributed by atoms with Crippen LogP contribution in [-0.2, 0) is 6.54 Å². The summed E-state index contributed by atoms with van der Waals surface area (Å²) in [6.07, 6.45) is 6.72. The molecule has 0 bridgehead atoms. The van der Waals surface area contributed by atoms with Crippen LogP contribution in [0, 0.1) is 5.41 Å². The third kappa shape index (κ3) is 3.36. The van der Waals surface area contributed by atoms with Crippen molar-refractivity contribution in [3.05, 3.63) is 54.1 Å². The predicted molar refractivity (Wildman–Crippen MR) is 131 cm³/mol. The molecule has 2 aliphatic heterocycles. The number of likely N-dealkylation sites (N-methyl/N-ethyl adjacent to an activating group) is 1. The molecule has 1 spiro atoms. The number of aromatic nitrogens is 1. The van der Waals surface area contributed by atoms with E-state index in [-0.39, 0.29) is 5.41 Å². The maximum Gasteiger partial charge on any atom is 0.128 e. The lowest BCUT2D eigenvalue weighted by Gasteiger charge is -2.51. The Morgan fingerprint density at radius 2 is 1.75 bits per heavy atom. The first-order chi connectivity index (χ1) is 15.8. The van der Waals surface area contributed by atoms with Gasteiger partial charge in [0, 0.05) is 54.6 Å². The Hall–Kier alpha value is -2.30. The molecule has 0 amide bonds. The van der Waals surface area contributed by atoms with Gasteiger partial charge in [0.05, 0.1) is 12.3 Å². The third-order valence-corrected chi connectivity index (χ3v) is 7.99. The summed E-state index contributed by atoms with van der Waals surface area (Å²) in [5.41, 5.74) is 5.89. The van der Waals surface area contributed by atoms with E-state index in [0.29, 0.717) is 5.92 Å². The summed E-state index contributed by atoms with van der Waals surface area (Å²) in [7, 11) is 2.04. The Balaban J connectivity index is 1.51. The summed E-state index contributed by atoms with van der Waals surface area (Å²) in [5, 5.41) is 4.76. The molecule has 3 aromatic rings. The molecule has 0 atom stereocenters. The Labute approximate surface area is 191 Å². The lowest BCUT2D eigenvalue weighted by molar-refractivity contribution is -0.0443. The van der Waals surface area contributed by atoms with E-state index in [2.05, 4.69) is 63.3 Å². The van der Waals surface area contributed by atoms with Gasteiger partial charge in [-0.05, 0) is 49.6 Å². The average Bonchev–Trinajstić information content (AvgIpc) is 3.12. The molecule has 0 unspecified atom stereocenters. The van der Waals surface area contributed by atoms with Crippen LogP contribution in [-0.4, -0.2) is 49.3 Å². The zero-order valence-corrected chi connectivity index (χ0v) is 19.3. The van der Waals surface area contributed by atoms with E-state index in [4.69, 9.17) is 4.74 Å². The highest BCUT2D eigenvalue weighted by Crippen LogP contribution is 2.49. The number of benzene rings is 2. The van der Waals surface area contributed by atoms with Crippen molar-refractivity contribution in [1.29, 1.82) is 0 Å². The number of hydrogen-bond acceptors (Lipinski definition) is 3. The minimum atomic E-state index is 0.182. The topological polar surface area (TPSA) is 29.4 Å². The van der Waals surface area contributed by atoms with Crippen molar-refractivity contribution in [3.8, 4) is 17.0 Å². The quantitative estimate of drug-likeness (QED) is 0.613. The van der Waals surface area contributed by atoms with Gasteiger partial charge < -0.3 is 19.5 Å². The molecule has 2 fully saturated rings. The zero-order valence-electron chi connectivity index (χ0n) is 19.3. The van der Waals surface area contributed by atoms with Gasteiger partial charge in [0.1, 0.15) is 5.75 Å². The Morgan fingerprint density at radius 1 is 0.969 bits per heavy atom. The van der Waals surface area contributed by atoms with Crippen LogP contribution in [0.15, 0.2) is 48.5 Å². The highest BCUT2D eigenvalue weighted by molar-refractivity contribution is 5.93. The predicted octanol–water partition coefficient (Wildman–Crippen LogP) is 5.27. The van der Waals surface area contributed by atoms with Gasteiger partial charge in [-0.15, -0.1) is 0 Å². The fourth-order valence-corrected chi connectivity index (χ4v) is 6.51. The van der Waals surface area contributed by atoms with Crippen LogP contribution in [0.25, 0.3) is 22.2 Å². The number of para-hydroxylation sites is 2. The van der Waals surface area contributed by atoms with Crippen molar-refractivity contribution in [2.75, 3.05) is 39.8 Å². The minimum Gasteiger partial charge on any atom is -0.492 e. The first-order valence-corrected chi connectivity index (χ1v) is 12.5. The molecule has 0 radical (unpaired) electrons. The van der Waals surface area contributed by atoms with E-state index in [1.807, 2.05) is 7.05 Å². The van der Waals surface area contributed by atoms with E-state index in [1.165, 1.54) is 54.3 Å². The van der Waals surface area contributed by atoms with Gasteiger partial charge in [0.15, 0.2) is 0 Å². The van der Waals surface area contributed by atoms with Gasteiger partial charge >= 0.3 is 0 Å². The second kappa shape index (κ2) is 8.24. The van der Waals surface area contributed by atoms with Crippen LogP contribution in [0.1, 0.15) is 43.6 Å². The van der Waals surface area contributed by atoms with Crippen LogP contribution >= 0.6 is 0 Å². The Morgan fingerprint density at radius 3 is 2.59 bits per heavy atom. The fraction of sp³-hybridized carbons (Fsp3) is 0.500. The first-order valence-electron chi connectivity index (χ1n) is 12.5. The maximum absolute atomic E-state index is 6.58. The van der Waals surface area contributed by atoms with E-state index in [0.717, 1.165) is 45.1 Å². The molecule has 6 rings (SSSR count). The molecule has 32 heavy (non-hydrogen) atoms. The van der Waals surface area contributed by atoms with Gasteiger partial charge in [-0.2, -0.15) is 0 Å². The third-order valence-electron chi connectivity index (χ3n) is 7.99. The average molecular weight is 430 g/mol. The standard InChI is InChI=1S/C28H35N3O/c1-29-15-16-30-17-28(18-30)19-31-24-13-7-5-11-22(24)26(21-9-3-2-4-10-21)27(31)23-12-6-8-14-25(23)32-20-28/h5-8,11-14,21,29H,2-4,9-10,15-20H2,1H3. The molecule has 1 aliphatic carbocycles. The van der Waals surface area contributed by atoms with Crippen molar-refractivity contribution in [1.82, 2.24) is 14.8 Å². The number of fused-ring (bicyclic) bond motifs is 5. The molecule has 3 heterocycles. The molecular formula is C28H35N3O. The molecule has 4 nitrogen and oxygen atoms in total. The van der Waals surface area contributed by atoms with Gasteiger partial charge in [0.2, 0.25) is 0 Å². The number of likely N-dealkylation sites (tertiary alicyclic amines) is 1. The molecule has 1 saturated carbocycles. The molecular weight excluding hydrogens is 394 g/mol. The molecule has 2 aromatic carbocycles. The largest absolute Gasteiger partial charge is 0.492 e. The number of hydrogen-bond donors (Lipinski definition) is 1. The van der Waals surface area contributed by atoms with Crippen molar-refractivity contribution >= 4 is 10.9 Å². The maximum atomic E-state index is 6.58. The number of nitrogens with zero attached hydrogens (tertiary/aromatic N) is 2. The van der Waals surface area contributed by atoms with Crippen LogP contribution in [0.5, 0.6) is 5.75 Å². The lowest BCUT2D eigenvalue weighted by Crippen LogP contribution is -2.62. The minimum absolute atomic E-state index is 0.182. The summed E-state index contributed by atoms with van der Waals surface area (Å²) < 4.78 is 9.26. The van der Waals surface area contributed by atoms with Gasteiger partial charge in [-0.1, -0.05) is 49.6 Å². The second-order valence-corrected chi connectivity index (χ2v) is 10.3. The van der Waals surface area contributed by atoms with E-state index >= 15 is 0 Å². The van der Waals surface area contributed by atoms with Crippen LogP contribution < -0.4 is 10.1 Å². The van der Waals surface area contributed by atoms with Crippen LogP contribution in [0.2, 0.25) is 0 Å². The van der Waals surface area contributed by atoms with Crippen molar-refractivity contribution in [2.45, 2.75) is 44.6 Å². The van der Waals surface area contributed by atoms with E-state index in [9.17, 15) is 0 Å². The summed E-state index contributed by atoms with van der Waals surface area (Å²) in [6, 6.07) is 17.9. The molecule has 3 aliphatic rings. The summed E-state index contributed by atoms with van der Waals surface area (Å²) in [5.74, 6) is 1.71. The molecule has 1 aromatic heterocycles. The molecule has 4 heteroatoms.